The molecule has 37 heavy (non-hydrogen) atoms. The van der Waals surface area contributed by atoms with Crippen LogP contribution in [0.25, 0.3) is 64.7 Å². The molecule has 174 valence electrons. The molecule has 0 fully saturated rings. The highest BCUT2D eigenvalue weighted by Crippen LogP contribution is 2.50. The molecular formula is C36H24S. The minimum atomic E-state index is -0.794. The van der Waals surface area contributed by atoms with E-state index in [4.69, 9.17) is 19.2 Å². The van der Waals surface area contributed by atoms with Crippen LogP contribution >= 0.6 is 11.3 Å². The van der Waals surface area contributed by atoms with Gasteiger partial charge in [-0.3, -0.25) is 0 Å². The summed E-state index contributed by atoms with van der Waals surface area (Å²) in [6.45, 7) is 0. The molecule has 0 saturated heterocycles. The second-order valence-corrected chi connectivity index (χ2v) is 9.02. The zero-order valence-corrected chi connectivity index (χ0v) is 19.7. The molecule has 0 aliphatic carbocycles. The molecule has 0 aliphatic heterocycles. The highest BCUT2D eigenvalue weighted by atomic mass is 32.1. The fraction of sp³-hybridized carbons (Fsp3) is 0. The van der Waals surface area contributed by atoms with E-state index in [2.05, 4.69) is 0 Å². The van der Waals surface area contributed by atoms with Crippen molar-refractivity contribution in [2.24, 2.45) is 0 Å². The van der Waals surface area contributed by atoms with Gasteiger partial charge >= 0.3 is 0 Å². The van der Waals surface area contributed by atoms with Gasteiger partial charge < -0.3 is 0 Å². The van der Waals surface area contributed by atoms with Crippen molar-refractivity contribution in [2.75, 3.05) is 0 Å². The molecule has 0 amide bonds. The monoisotopic (exact) mass is 506 g/mol. The van der Waals surface area contributed by atoms with Gasteiger partial charge in [0.05, 0.1) is 24.7 Å². The summed E-state index contributed by atoms with van der Waals surface area (Å²) in [6, 6.07) is -2.77. The van der Waals surface area contributed by atoms with Gasteiger partial charge in [0.15, 0.2) is 0 Å². The molecule has 0 nitrogen and oxygen atoms in total. The Morgan fingerprint density at radius 2 is 0.946 bits per heavy atom. The summed E-state index contributed by atoms with van der Waals surface area (Å²) in [5.41, 5.74) is -0.885. The van der Waals surface area contributed by atoms with E-state index < -0.39 is 131 Å². The van der Waals surface area contributed by atoms with Crippen molar-refractivity contribution >= 4 is 32.9 Å². The smallest absolute Gasteiger partial charge is 0.0629 e. The van der Waals surface area contributed by atoms with Crippen LogP contribution < -0.4 is 0 Å². The average Bonchev–Trinajstić information content (AvgIpc) is 3.61. The minimum absolute atomic E-state index is 0.00108. The highest BCUT2D eigenvalue weighted by Gasteiger charge is 2.21. The summed E-state index contributed by atoms with van der Waals surface area (Å²) >= 11 is 0.987. The zero-order chi connectivity index (χ0) is 40.3. The zero-order valence-electron chi connectivity index (χ0n) is 36.9. The number of fused-ring (bicyclic) bond motifs is 2. The molecule has 0 aliphatic rings. The largest absolute Gasteiger partial charge is 0.135 e. The van der Waals surface area contributed by atoms with E-state index >= 15 is 0 Å². The molecule has 0 atom stereocenters. The van der Waals surface area contributed by atoms with Crippen molar-refractivity contribution in [2.45, 2.75) is 0 Å². The maximum absolute atomic E-state index is 9.29. The van der Waals surface area contributed by atoms with E-state index in [1.165, 1.54) is 0 Å². The number of hydrogen-bond donors (Lipinski definition) is 0. The second kappa shape index (κ2) is 9.20. The normalized spacial score (nSPS) is 18.1. The predicted octanol–water partition coefficient (Wildman–Crippen LogP) is 10.7. The summed E-state index contributed by atoms with van der Waals surface area (Å²) in [5, 5.41) is -1.53. The van der Waals surface area contributed by atoms with Gasteiger partial charge in [-0.05, 0) is 49.9 Å². The van der Waals surface area contributed by atoms with Gasteiger partial charge in [0.1, 0.15) is 0 Å². The van der Waals surface area contributed by atoms with E-state index in [-0.39, 0.29) is 32.3 Å². The Balaban J connectivity index is 1.87. The van der Waals surface area contributed by atoms with Crippen LogP contribution in [0.4, 0.5) is 0 Å². The van der Waals surface area contributed by atoms with E-state index in [0.29, 0.717) is 10.4 Å². The first-order valence-corrected chi connectivity index (χ1v) is 12.0. The first kappa shape index (κ1) is 10.1. The number of rotatable bonds is 4. The van der Waals surface area contributed by atoms with Gasteiger partial charge in [-0.25, -0.2) is 0 Å². The Bertz CT molecular complexity index is 2710. The third-order valence-electron chi connectivity index (χ3n) is 5.91. The Hall–Kier alpha value is -4.46. The lowest BCUT2D eigenvalue weighted by Gasteiger charge is -2.17. The van der Waals surface area contributed by atoms with Gasteiger partial charge in [-0.15, -0.1) is 11.3 Å². The third-order valence-corrected chi connectivity index (χ3v) is 7.11. The summed E-state index contributed by atoms with van der Waals surface area (Å²) in [4.78, 5) is 0.491. The molecule has 6 aromatic carbocycles. The lowest BCUT2D eigenvalue weighted by molar-refractivity contribution is 1.65. The van der Waals surface area contributed by atoms with E-state index in [9.17, 15) is 5.48 Å². The van der Waals surface area contributed by atoms with Crippen molar-refractivity contribution in [3.05, 3.63) is 145 Å². The molecule has 1 heterocycles. The third kappa shape index (κ3) is 3.76. The van der Waals surface area contributed by atoms with Crippen LogP contribution in [0.2, 0.25) is 0 Å². The maximum atomic E-state index is 9.29. The van der Waals surface area contributed by atoms with Crippen molar-refractivity contribution in [1.82, 2.24) is 0 Å². The molecule has 7 aromatic rings. The van der Waals surface area contributed by atoms with Crippen LogP contribution in [0.15, 0.2) is 145 Å². The van der Waals surface area contributed by atoms with E-state index in [1.807, 2.05) is 0 Å². The molecule has 0 radical (unpaired) electrons. The van der Waals surface area contributed by atoms with Crippen LogP contribution in [0.1, 0.15) is 24.7 Å². The summed E-state index contributed by atoms with van der Waals surface area (Å²) in [5.74, 6) is 0. The van der Waals surface area contributed by atoms with E-state index in [1.54, 1.807) is 36.4 Å². The second-order valence-electron chi connectivity index (χ2n) is 7.97. The Kier molecular flexibility index (Phi) is 2.52. The van der Waals surface area contributed by atoms with Gasteiger partial charge in [-0.1, -0.05) is 139 Å². The van der Waals surface area contributed by atoms with Crippen molar-refractivity contribution in [3.63, 3.8) is 0 Å². The Labute approximate surface area is 246 Å². The van der Waals surface area contributed by atoms with Crippen molar-refractivity contribution < 1.29 is 24.7 Å². The summed E-state index contributed by atoms with van der Waals surface area (Å²) < 4.78 is 158. The molecule has 1 aromatic heterocycles. The first-order chi connectivity index (χ1) is 25.8. The number of thiophene rings is 1. The highest BCUT2D eigenvalue weighted by molar-refractivity contribution is 7.19. The van der Waals surface area contributed by atoms with Crippen LogP contribution in [-0.4, -0.2) is 0 Å². The van der Waals surface area contributed by atoms with Crippen molar-refractivity contribution in [1.29, 1.82) is 0 Å². The first-order valence-electron chi connectivity index (χ1n) is 20.1. The predicted molar refractivity (Wildman–Crippen MR) is 161 cm³/mol. The van der Waals surface area contributed by atoms with Gasteiger partial charge in [-0.2, -0.15) is 0 Å². The molecule has 0 unspecified atom stereocenters. The van der Waals surface area contributed by atoms with Crippen LogP contribution in [0.5, 0.6) is 0 Å². The Morgan fingerprint density at radius 3 is 1.51 bits per heavy atom. The maximum Gasteiger partial charge on any atom is 0.0629 e. The topological polar surface area (TPSA) is 0 Å². The molecule has 7 rings (SSSR count). The van der Waals surface area contributed by atoms with Crippen molar-refractivity contribution in [3.8, 4) is 43.1 Å². The number of hydrogen-bond acceptors (Lipinski definition) is 1. The minimum Gasteiger partial charge on any atom is -0.135 e. The molecule has 0 bridgehead atoms. The van der Waals surface area contributed by atoms with Crippen LogP contribution in [0.3, 0.4) is 0 Å². The molecule has 0 spiro atoms. The SMILES string of the molecule is [2H]c1c([2H])c([2H])c(-c2cc(-c3ccccc3)sc2-c2c3c([2H])c([2H])c([2H])c([2H])c3c(-c3c([2H])c([2H])c([2H])c([2H])c3[2H])c3c([2H])c([2H])c([2H])c([2H])c23)c([2H])c1[2H]. The average molecular weight is 507 g/mol. The van der Waals surface area contributed by atoms with E-state index in [0.717, 1.165) is 11.3 Å². The van der Waals surface area contributed by atoms with Crippen LogP contribution in [-0.2, 0) is 0 Å². The Morgan fingerprint density at radius 1 is 0.459 bits per heavy atom. The molecule has 1 heteroatoms. The fourth-order valence-electron chi connectivity index (χ4n) is 4.37. The summed E-state index contributed by atoms with van der Waals surface area (Å²) in [6.07, 6.45) is 0. The number of benzene rings is 6. The molecule has 0 N–H and O–H groups in total. The van der Waals surface area contributed by atoms with Gasteiger partial charge in [0.25, 0.3) is 0 Å². The van der Waals surface area contributed by atoms with Gasteiger partial charge in [0, 0.05) is 20.9 Å². The molecular weight excluding hydrogens is 464 g/mol. The summed E-state index contributed by atoms with van der Waals surface area (Å²) in [7, 11) is 0. The van der Waals surface area contributed by atoms with Gasteiger partial charge in [0.2, 0.25) is 0 Å². The standard InChI is InChI=1S/C36H24S/c1-4-14-25(15-5-1)32-24-33(26-16-6-2-7-17-26)37-36(32)35-30-22-12-10-20-28(30)34(27-18-8-3-9-19-27)29-21-11-13-23-31(29)35/h1-24H/i1D,3D,4D,5D,8D,9D,10D,11D,12D,13D,14D,15D,18D,19D,20D,21D,22D,23D. The quantitative estimate of drug-likeness (QED) is 0.208. The fourth-order valence-corrected chi connectivity index (χ4v) is 5.60. The van der Waals surface area contributed by atoms with Crippen LogP contribution in [0, 0.1) is 0 Å². The lowest BCUT2D eigenvalue weighted by Crippen LogP contribution is -1.90. The molecule has 0 saturated carbocycles. The lowest BCUT2D eigenvalue weighted by atomic mass is 9.87.